The zero-order valence-electron chi connectivity index (χ0n) is 33.5. The van der Waals surface area contributed by atoms with Crippen molar-refractivity contribution in [3.63, 3.8) is 0 Å². The first kappa shape index (κ1) is 33.0. The second-order valence-corrected chi connectivity index (χ2v) is 19.1. The Hall–Kier alpha value is -5.86. The minimum absolute atomic E-state index is 0.103. The molecule has 0 N–H and O–H groups in total. The Morgan fingerprint density at radius 3 is 1.92 bits per heavy atom. The Morgan fingerprint density at radius 2 is 1.10 bits per heavy atom. The number of nitrogens with zero attached hydrogens (tertiary/aromatic N) is 1. The molecule has 2 heteroatoms. The van der Waals surface area contributed by atoms with Gasteiger partial charge < -0.3 is 9.32 Å². The summed E-state index contributed by atoms with van der Waals surface area (Å²) in [5.41, 5.74) is 20.2. The molecule has 0 radical (unpaired) electrons. The fraction of sp³-hybridized carbons (Fsp3) is 0.263. The number of furan rings is 1. The first-order valence-corrected chi connectivity index (χ1v) is 22.5. The molecular formula is C57H47NO. The van der Waals surface area contributed by atoms with Crippen LogP contribution < -0.4 is 4.90 Å². The van der Waals surface area contributed by atoms with E-state index < -0.39 is 0 Å². The highest BCUT2D eigenvalue weighted by atomic mass is 16.3. The summed E-state index contributed by atoms with van der Waals surface area (Å²) in [4.78, 5) is 2.60. The van der Waals surface area contributed by atoms with Crippen LogP contribution in [0.4, 0.5) is 17.1 Å². The van der Waals surface area contributed by atoms with Gasteiger partial charge in [0.25, 0.3) is 0 Å². The van der Waals surface area contributed by atoms with Crippen molar-refractivity contribution in [2.45, 2.75) is 68.6 Å². The maximum absolute atomic E-state index is 6.53. The molecule has 59 heavy (non-hydrogen) atoms. The minimum Gasteiger partial charge on any atom is -0.455 e. The molecular weight excluding hydrogens is 715 g/mol. The number of rotatable bonds is 4. The first-order valence-electron chi connectivity index (χ1n) is 22.5. The Morgan fingerprint density at radius 1 is 0.475 bits per heavy atom. The van der Waals surface area contributed by atoms with E-state index in [1.54, 1.807) is 11.1 Å². The van der Waals surface area contributed by atoms with E-state index >= 15 is 0 Å². The summed E-state index contributed by atoms with van der Waals surface area (Å²) in [5, 5.41) is 2.33. The van der Waals surface area contributed by atoms with Crippen LogP contribution in [0.3, 0.4) is 0 Å². The van der Waals surface area contributed by atoms with Gasteiger partial charge in [0.15, 0.2) is 0 Å². The van der Waals surface area contributed by atoms with E-state index in [1.165, 1.54) is 125 Å². The van der Waals surface area contributed by atoms with E-state index in [-0.39, 0.29) is 10.8 Å². The van der Waals surface area contributed by atoms with Crippen molar-refractivity contribution in [3.8, 4) is 33.4 Å². The van der Waals surface area contributed by atoms with Gasteiger partial charge in [0.2, 0.25) is 0 Å². The Labute approximate surface area is 346 Å². The van der Waals surface area contributed by atoms with Crippen molar-refractivity contribution < 1.29 is 4.42 Å². The quantitative estimate of drug-likeness (QED) is 0.178. The highest BCUT2D eigenvalue weighted by molar-refractivity contribution is 6.09. The summed E-state index contributed by atoms with van der Waals surface area (Å²) in [5.74, 6) is 3.37. The predicted octanol–water partition coefficient (Wildman–Crippen LogP) is 15.3. The SMILES string of the molecule is c1ccc2c(c1)-c1c(N(c3ccc(-c4cccc5c4oc4ccccc45)cc3)c3ccc4c(c3)-c3ccccc3C43C4CC5CC(C4)CC3C5)cccc1C21CCCC1. The molecule has 0 aliphatic heterocycles. The van der Waals surface area contributed by atoms with E-state index in [2.05, 4.69) is 157 Å². The number of anilines is 3. The van der Waals surface area contributed by atoms with Crippen molar-refractivity contribution in [2.24, 2.45) is 23.7 Å². The van der Waals surface area contributed by atoms with Crippen LogP contribution >= 0.6 is 0 Å². The summed E-state index contributed by atoms with van der Waals surface area (Å²) in [6.45, 7) is 0. The lowest BCUT2D eigenvalue weighted by molar-refractivity contribution is -0.0399. The van der Waals surface area contributed by atoms with E-state index in [0.29, 0.717) is 0 Å². The summed E-state index contributed by atoms with van der Waals surface area (Å²) >= 11 is 0. The van der Waals surface area contributed by atoms with Crippen LogP contribution in [-0.4, -0.2) is 0 Å². The minimum atomic E-state index is 0.103. The van der Waals surface area contributed by atoms with Crippen molar-refractivity contribution >= 4 is 39.0 Å². The monoisotopic (exact) mass is 761 g/mol. The van der Waals surface area contributed by atoms with Gasteiger partial charge in [-0.2, -0.15) is 0 Å². The third kappa shape index (κ3) is 4.27. The Bertz CT molecular complexity index is 3000. The molecule has 0 unspecified atom stereocenters. The van der Waals surface area contributed by atoms with Gasteiger partial charge in [-0.15, -0.1) is 0 Å². The van der Waals surface area contributed by atoms with Gasteiger partial charge in [-0.05, 0) is 150 Å². The van der Waals surface area contributed by atoms with Crippen LogP contribution in [-0.2, 0) is 10.8 Å². The molecule has 2 spiro atoms. The van der Waals surface area contributed by atoms with Crippen LogP contribution in [0.1, 0.15) is 80.0 Å². The van der Waals surface area contributed by atoms with Crippen LogP contribution in [0.25, 0.3) is 55.3 Å². The van der Waals surface area contributed by atoms with Crippen molar-refractivity contribution in [1.29, 1.82) is 0 Å². The molecule has 286 valence electrons. The molecule has 0 saturated heterocycles. The summed E-state index contributed by atoms with van der Waals surface area (Å²) < 4.78 is 6.53. The lowest BCUT2D eigenvalue weighted by Gasteiger charge is -2.61. The molecule has 1 heterocycles. The second-order valence-electron chi connectivity index (χ2n) is 19.1. The number of hydrogen-bond acceptors (Lipinski definition) is 2. The van der Waals surface area contributed by atoms with Gasteiger partial charge in [-0.25, -0.2) is 0 Å². The zero-order valence-corrected chi connectivity index (χ0v) is 33.5. The molecule has 1 aromatic heterocycles. The Kier molecular flexibility index (Phi) is 6.65. The molecule has 0 atom stereocenters. The average molecular weight is 762 g/mol. The standard InChI is InChI=1S/C57H47NO/c1-5-17-49-43(11-1)47-34-41(25-26-50(47)57(49)38-30-35-29-36(32-38)33-39(57)31-35)58(52-19-10-18-51-54(52)46-13-2-4-16-48(46)56(51)27-7-8-28-56)40-23-21-37(22-24-40)42-14-9-15-45-44-12-3-6-20-53(44)59-55(42)45/h1-6,9-26,34-36,38-39H,7-8,27-33H2. The molecule has 2 nitrogen and oxygen atoms in total. The third-order valence-corrected chi connectivity index (χ3v) is 16.6. The highest BCUT2D eigenvalue weighted by Gasteiger charge is 2.61. The van der Waals surface area contributed by atoms with Gasteiger partial charge in [0.05, 0.1) is 5.69 Å². The highest BCUT2D eigenvalue weighted by Crippen LogP contribution is 2.70. The van der Waals surface area contributed by atoms with Crippen LogP contribution in [0, 0.1) is 23.7 Å². The van der Waals surface area contributed by atoms with Gasteiger partial charge >= 0.3 is 0 Å². The van der Waals surface area contributed by atoms with Crippen LogP contribution in [0.15, 0.2) is 156 Å². The van der Waals surface area contributed by atoms with Gasteiger partial charge in [-0.1, -0.05) is 128 Å². The largest absolute Gasteiger partial charge is 0.455 e. The molecule has 8 aromatic rings. The lowest BCUT2D eigenvalue weighted by Crippen LogP contribution is -2.55. The van der Waals surface area contributed by atoms with Gasteiger partial charge in [0.1, 0.15) is 11.2 Å². The fourth-order valence-corrected chi connectivity index (χ4v) is 14.7. The summed E-state index contributed by atoms with van der Waals surface area (Å²) in [6, 6.07) is 58.0. The van der Waals surface area contributed by atoms with Crippen LogP contribution in [0.2, 0.25) is 0 Å². The smallest absolute Gasteiger partial charge is 0.143 e. The summed E-state index contributed by atoms with van der Waals surface area (Å²) in [7, 11) is 0. The molecule has 7 aliphatic rings. The van der Waals surface area contributed by atoms with E-state index in [9.17, 15) is 0 Å². The van der Waals surface area contributed by atoms with E-state index in [1.807, 2.05) is 0 Å². The molecule has 15 rings (SSSR count). The Balaban J connectivity index is 0.973. The number of fused-ring (bicyclic) bond motifs is 11. The van der Waals surface area contributed by atoms with Crippen molar-refractivity contribution in [1.82, 2.24) is 0 Å². The number of hydrogen-bond donors (Lipinski definition) is 0. The summed E-state index contributed by atoms with van der Waals surface area (Å²) in [6.07, 6.45) is 12.1. The second kappa shape index (κ2) is 11.9. The zero-order chi connectivity index (χ0) is 38.5. The van der Waals surface area contributed by atoms with E-state index in [4.69, 9.17) is 4.42 Å². The number of benzene rings is 7. The number of para-hydroxylation sites is 2. The lowest BCUT2D eigenvalue weighted by atomic mass is 9.43. The fourth-order valence-electron chi connectivity index (χ4n) is 14.7. The van der Waals surface area contributed by atoms with Crippen LogP contribution in [0.5, 0.6) is 0 Å². The average Bonchev–Trinajstić information content (AvgIpc) is 4.05. The molecule has 4 bridgehead atoms. The van der Waals surface area contributed by atoms with Gasteiger partial charge in [-0.3, -0.25) is 0 Å². The van der Waals surface area contributed by atoms with Crippen molar-refractivity contribution in [2.75, 3.05) is 4.90 Å². The predicted molar refractivity (Wildman–Crippen MR) is 242 cm³/mol. The molecule has 5 fully saturated rings. The topological polar surface area (TPSA) is 16.4 Å². The third-order valence-electron chi connectivity index (χ3n) is 16.6. The van der Waals surface area contributed by atoms with Gasteiger partial charge in [0, 0.05) is 44.1 Å². The van der Waals surface area contributed by atoms with E-state index in [0.717, 1.165) is 40.4 Å². The normalized spacial score (nSPS) is 24.9. The molecule has 0 amide bonds. The molecule has 7 aliphatic carbocycles. The maximum atomic E-state index is 6.53. The first-order chi connectivity index (χ1) is 29.2. The maximum Gasteiger partial charge on any atom is 0.143 e. The van der Waals surface area contributed by atoms with Crippen molar-refractivity contribution in [3.05, 3.63) is 174 Å². The molecule has 5 saturated carbocycles. The molecule has 7 aromatic carbocycles.